The lowest BCUT2D eigenvalue weighted by Gasteiger charge is -2.33. The van der Waals surface area contributed by atoms with E-state index >= 15 is 0 Å². The molecule has 1 aliphatic rings. The number of ether oxygens (including phenoxy) is 1. The Morgan fingerprint density at radius 3 is 2.17 bits per heavy atom. The standard InChI is InChI=1S/C24H25N3O3/c28-27(29)23-10-8-22(9-11-23)26-16-14-25(15-17-26)18-20-6-12-24(13-7-20)30-19-21-4-2-1-3-5-21/h1-13H,14-19H2/p+1. The van der Waals surface area contributed by atoms with Crippen molar-refractivity contribution in [2.45, 2.75) is 13.2 Å². The monoisotopic (exact) mass is 404 g/mol. The van der Waals surface area contributed by atoms with Crippen molar-refractivity contribution in [3.63, 3.8) is 0 Å². The van der Waals surface area contributed by atoms with Crippen molar-refractivity contribution in [3.05, 3.63) is 100 Å². The van der Waals surface area contributed by atoms with E-state index < -0.39 is 0 Å². The maximum atomic E-state index is 10.8. The fraction of sp³-hybridized carbons (Fsp3) is 0.250. The van der Waals surface area contributed by atoms with Gasteiger partial charge in [0.05, 0.1) is 31.1 Å². The van der Waals surface area contributed by atoms with Crippen molar-refractivity contribution in [2.75, 3.05) is 31.1 Å². The van der Waals surface area contributed by atoms with E-state index in [0.29, 0.717) is 6.61 Å². The van der Waals surface area contributed by atoms with Gasteiger partial charge in [-0.3, -0.25) is 10.1 Å². The number of rotatable bonds is 7. The number of nitro benzene ring substituents is 1. The second kappa shape index (κ2) is 9.41. The van der Waals surface area contributed by atoms with Gasteiger partial charge in [0, 0.05) is 23.4 Å². The normalized spacial score (nSPS) is 14.5. The fourth-order valence-electron chi connectivity index (χ4n) is 3.78. The number of nitro groups is 1. The van der Waals surface area contributed by atoms with Crippen LogP contribution in [-0.4, -0.2) is 31.1 Å². The molecular weight excluding hydrogens is 378 g/mol. The SMILES string of the molecule is O=[N+]([O-])c1ccc(N2CC[NH+](Cc3ccc(OCc4ccccc4)cc3)CC2)cc1. The smallest absolute Gasteiger partial charge is 0.269 e. The summed E-state index contributed by atoms with van der Waals surface area (Å²) in [5, 5.41) is 10.8. The van der Waals surface area contributed by atoms with Gasteiger partial charge >= 0.3 is 0 Å². The Morgan fingerprint density at radius 1 is 0.867 bits per heavy atom. The van der Waals surface area contributed by atoms with Gasteiger partial charge in [-0.2, -0.15) is 0 Å². The van der Waals surface area contributed by atoms with Gasteiger partial charge in [-0.25, -0.2) is 0 Å². The van der Waals surface area contributed by atoms with Crippen LogP contribution in [0.4, 0.5) is 11.4 Å². The van der Waals surface area contributed by atoms with Crippen LogP contribution >= 0.6 is 0 Å². The van der Waals surface area contributed by atoms with Crippen molar-refractivity contribution in [3.8, 4) is 5.75 Å². The minimum absolute atomic E-state index is 0.138. The van der Waals surface area contributed by atoms with Crippen LogP contribution in [0.5, 0.6) is 5.75 Å². The highest BCUT2D eigenvalue weighted by atomic mass is 16.6. The Hall–Kier alpha value is -3.38. The molecule has 1 aliphatic heterocycles. The van der Waals surface area contributed by atoms with E-state index in [1.807, 2.05) is 42.5 Å². The van der Waals surface area contributed by atoms with Crippen molar-refractivity contribution < 1.29 is 14.6 Å². The Balaban J connectivity index is 1.25. The number of nitrogens with one attached hydrogen (secondary N) is 1. The first kappa shape index (κ1) is 19.9. The summed E-state index contributed by atoms with van der Waals surface area (Å²) in [5.74, 6) is 0.889. The number of non-ortho nitro benzene ring substituents is 1. The number of hydrogen-bond donors (Lipinski definition) is 1. The number of quaternary nitrogens is 1. The van der Waals surface area contributed by atoms with E-state index in [2.05, 4.69) is 29.2 Å². The lowest BCUT2D eigenvalue weighted by atomic mass is 10.1. The Kier molecular flexibility index (Phi) is 6.25. The third-order valence-corrected chi connectivity index (χ3v) is 5.52. The van der Waals surface area contributed by atoms with E-state index in [1.54, 1.807) is 17.0 Å². The molecule has 30 heavy (non-hydrogen) atoms. The molecule has 0 unspecified atom stereocenters. The van der Waals surface area contributed by atoms with Crippen LogP contribution < -0.4 is 14.5 Å². The highest BCUT2D eigenvalue weighted by Gasteiger charge is 2.20. The van der Waals surface area contributed by atoms with Crippen LogP contribution in [-0.2, 0) is 13.2 Å². The summed E-state index contributed by atoms with van der Waals surface area (Å²) in [6.45, 7) is 5.56. The average Bonchev–Trinajstić information content (AvgIpc) is 2.80. The van der Waals surface area contributed by atoms with Crippen molar-refractivity contribution >= 4 is 11.4 Å². The summed E-state index contributed by atoms with van der Waals surface area (Å²) in [4.78, 5) is 14.3. The maximum Gasteiger partial charge on any atom is 0.269 e. The van der Waals surface area contributed by atoms with Gasteiger partial charge in [-0.15, -0.1) is 0 Å². The maximum absolute atomic E-state index is 10.8. The molecule has 3 aromatic carbocycles. The van der Waals surface area contributed by atoms with E-state index in [1.165, 1.54) is 5.56 Å². The highest BCUT2D eigenvalue weighted by molar-refractivity contribution is 5.51. The zero-order chi connectivity index (χ0) is 20.8. The second-order valence-electron chi connectivity index (χ2n) is 7.61. The first-order chi connectivity index (χ1) is 14.7. The molecule has 0 aliphatic carbocycles. The molecule has 1 fully saturated rings. The summed E-state index contributed by atoms with van der Waals surface area (Å²) >= 11 is 0. The molecule has 4 rings (SSSR count). The minimum Gasteiger partial charge on any atom is -0.489 e. The first-order valence-electron chi connectivity index (χ1n) is 10.3. The molecule has 1 saturated heterocycles. The molecule has 0 aromatic heterocycles. The minimum atomic E-state index is -0.357. The quantitative estimate of drug-likeness (QED) is 0.486. The lowest BCUT2D eigenvalue weighted by molar-refractivity contribution is -0.914. The largest absolute Gasteiger partial charge is 0.489 e. The van der Waals surface area contributed by atoms with Crippen molar-refractivity contribution in [1.82, 2.24) is 0 Å². The molecule has 3 aromatic rings. The first-order valence-corrected chi connectivity index (χ1v) is 10.3. The van der Waals surface area contributed by atoms with Gasteiger partial charge in [-0.05, 0) is 42.0 Å². The average molecular weight is 404 g/mol. The number of anilines is 1. The summed E-state index contributed by atoms with van der Waals surface area (Å²) < 4.78 is 5.87. The predicted octanol–water partition coefficient (Wildman–Crippen LogP) is 3.08. The molecule has 154 valence electrons. The molecule has 0 spiro atoms. The topological polar surface area (TPSA) is 60.0 Å². The van der Waals surface area contributed by atoms with Gasteiger partial charge < -0.3 is 14.5 Å². The summed E-state index contributed by atoms with van der Waals surface area (Å²) in [6.07, 6.45) is 0. The summed E-state index contributed by atoms with van der Waals surface area (Å²) in [6, 6.07) is 25.4. The van der Waals surface area contributed by atoms with Gasteiger partial charge in [0.1, 0.15) is 18.9 Å². The molecule has 6 heteroatoms. The van der Waals surface area contributed by atoms with Crippen LogP contribution in [0.3, 0.4) is 0 Å². The molecule has 0 atom stereocenters. The number of hydrogen-bond acceptors (Lipinski definition) is 4. The predicted molar refractivity (Wildman–Crippen MR) is 117 cm³/mol. The number of piperazine rings is 1. The van der Waals surface area contributed by atoms with Gasteiger partial charge in [0.2, 0.25) is 0 Å². The van der Waals surface area contributed by atoms with Crippen LogP contribution in [0.25, 0.3) is 0 Å². The molecule has 0 bridgehead atoms. The Labute approximate surface area is 176 Å². The molecule has 0 radical (unpaired) electrons. The van der Waals surface area contributed by atoms with Crippen LogP contribution in [0.2, 0.25) is 0 Å². The van der Waals surface area contributed by atoms with E-state index in [0.717, 1.165) is 49.7 Å². The third kappa shape index (κ3) is 5.15. The second-order valence-corrected chi connectivity index (χ2v) is 7.61. The van der Waals surface area contributed by atoms with E-state index in [-0.39, 0.29) is 10.6 Å². The molecule has 0 amide bonds. The molecular formula is C24H26N3O3+. The van der Waals surface area contributed by atoms with Crippen LogP contribution in [0, 0.1) is 10.1 Å². The summed E-state index contributed by atoms with van der Waals surface area (Å²) in [5.41, 5.74) is 3.66. The fourth-order valence-corrected chi connectivity index (χ4v) is 3.78. The molecule has 1 heterocycles. The zero-order valence-corrected chi connectivity index (χ0v) is 16.9. The van der Waals surface area contributed by atoms with E-state index in [4.69, 9.17) is 4.74 Å². The van der Waals surface area contributed by atoms with Crippen LogP contribution in [0.1, 0.15) is 11.1 Å². The molecule has 6 nitrogen and oxygen atoms in total. The molecule has 1 N–H and O–H groups in total. The van der Waals surface area contributed by atoms with Crippen LogP contribution in [0.15, 0.2) is 78.9 Å². The highest BCUT2D eigenvalue weighted by Crippen LogP contribution is 2.19. The van der Waals surface area contributed by atoms with E-state index in [9.17, 15) is 10.1 Å². The lowest BCUT2D eigenvalue weighted by Crippen LogP contribution is -3.13. The molecule has 0 saturated carbocycles. The van der Waals surface area contributed by atoms with Gasteiger partial charge in [-0.1, -0.05) is 30.3 Å². The van der Waals surface area contributed by atoms with Gasteiger partial charge in [0.15, 0.2) is 0 Å². The Bertz CT molecular complexity index is 951. The van der Waals surface area contributed by atoms with Crippen molar-refractivity contribution in [2.24, 2.45) is 0 Å². The zero-order valence-electron chi connectivity index (χ0n) is 16.9. The van der Waals surface area contributed by atoms with Gasteiger partial charge in [0.25, 0.3) is 5.69 Å². The number of benzene rings is 3. The third-order valence-electron chi connectivity index (χ3n) is 5.52. The Morgan fingerprint density at radius 2 is 1.53 bits per heavy atom. The number of nitrogens with zero attached hydrogens (tertiary/aromatic N) is 2. The van der Waals surface area contributed by atoms with Crippen molar-refractivity contribution in [1.29, 1.82) is 0 Å². The summed E-state index contributed by atoms with van der Waals surface area (Å²) in [7, 11) is 0.